The van der Waals surface area contributed by atoms with Gasteiger partial charge in [0.05, 0.1) is 5.75 Å². The number of rotatable bonds is 2. The van der Waals surface area contributed by atoms with Gasteiger partial charge in [-0.25, -0.2) is 0 Å². The van der Waals surface area contributed by atoms with Crippen molar-refractivity contribution in [3.63, 3.8) is 0 Å². The average molecular weight is 165 g/mol. The van der Waals surface area contributed by atoms with E-state index in [9.17, 15) is 5.21 Å². The highest BCUT2D eigenvalue weighted by Crippen LogP contribution is 2.10. The fraction of sp³-hybridized carbons (Fsp3) is 0.125. The van der Waals surface area contributed by atoms with Crippen LogP contribution in [0.3, 0.4) is 0 Å². The van der Waals surface area contributed by atoms with Crippen LogP contribution in [-0.4, -0.2) is 5.75 Å². The zero-order valence-corrected chi connectivity index (χ0v) is 6.67. The minimum atomic E-state index is 0.534. The molecule has 1 aromatic heterocycles. The molecule has 0 aliphatic carbocycles. The fourth-order valence-electron chi connectivity index (χ4n) is 0.640. The Kier molecular flexibility index (Phi) is 2.82. The molecule has 1 aromatic rings. The van der Waals surface area contributed by atoms with Gasteiger partial charge in [0.25, 0.3) is 5.03 Å². The topological polar surface area (TPSA) is 26.9 Å². The molecule has 56 valence electrons. The van der Waals surface area contributed by atoms with Crippen LogP contribution in [0.4, 0.5) is 0 Å². The van der Waals surface area contributed by atoms with Crippen molar-refractivity contribution in [2.45, 2.75) is 5.03 Å². The van der Waals surface area contributed by atoms with Crippen molar-refractivity contribution in [1.82, 2.24) is 0 Å². The molecule has 0 amide bonds. The highest BCUT2D eigenvalue weighted by molar-refractivity contribution is 7.99. The van der Waals surface area contributed by atoms with Gasteiger partial charge in [-0.1, -0.05) is 5.92 Å². The standard InChI is InChI=1S/C8H7NOS/c1-2-7-11-8-5-3-4-6-9(8)10/h1,3-6H,7H2. The summed E-state index contributed by atoms with van der Waals surface area (Å²) in [6.07, 6.45) is 6.50. The molecule has 0 atom stereocenters. The van der Waals surface area contributed by atoms with Crippen LogP contribution in [0.1, 0.15) is 0 Å². The summed E-state index contributed by atoms with van der Waals surface area (Å²) in [5.74, 6) is 2.99. The Hall–Kier alpha value is -1.14. The van der Waals surface area contributed by atoms with Crippen LogP contribution in [-0.2, 0) is 0 Å². The first-order valence-electron chi connectivity index (χ1n) is 3.09. The lowest BCUT2D eigenvalue weighted by molar-refractivity contribution is -0.645. The Bertz CT molecular complexity index is 280. The van der Waals surface area contributed by atoms with Crippen molar-refractivity contribution >= 4 is 11.8 Å². The minimum absolute atomic E-state index is 0.534. The summed E-state index contributed by atoms with van der Waals surface area (Å²) in [6, 6.07) is 5.25. The van der Waals surface area contributed by atoms with Crippen LogP contribution in [0.15, 0.2) is 29.4 Å². The first kappa shape index (κ1) is 7.96. The zero-order chi connectivity index (χ0) is 8.10. The smallest absolute Gasteiger partial charge is 0.252 e. The van der Waals surface area contributed by atoms with Crippen molar-refractivity contribution in [2.24, 2.45) is 0 Å². The first-order chi connectivity index (χ1) is 5.34. The predicted octanol–water partition coefficient (Wildman–Crippen LogP) is 1.05. The quantitative estimate of drug-likeness (QED) is 0.283. The molecule has 0 N–H and O–H groups in total. The second-order valence-electron chi connectivity index (χ2n) is 1.86. The molecular formula is C8H7NOS. The molecule has 2 nitrogen and oxygen atoms in total. The lowest BCUT2D eigenvalue weighted by Crippen LogP contribution is -2.27. The summed E-state index contributed by atoms with van der Waals surface area (Å²) in [7, 11) is 0. The zero-order valence-electron chi connectivity index (χ0n) is 5.86. The highest BCUT2D eigenvalue weighted by Gasteiger charge is 2.00. The molecular weight excluding hydrogens is 158 g/mol. The van der Waals surface area contributed by atoms with E-state index in [0.29, 0.717) is 10.8 Å². The lowest BCUT2D eigenvalue weighted by atomic mass is 10.5. The molecule has 0 spiro atoms. The summed E-state index contributed by atoms with van der Waals surface area (Å²) >= 11 is 1.36. The van der Waals surface area contributed by atoms with Crippen molar-refractivity contribution < 1.29 is 4.73 Å². The minimum Gasteiger partial charge on any atom is -0.618 e. The van der Waals surface area contributed by atoms with Crippen LogP contribution >= 0.6 is 11.8 Å². The molecule has 0 unspecified atom stereocenters. The van der Waals surface area contributed by atoms with Gasteiger partial charge in [0.2, 0.25) is 0 Å². The van der Waals surface area contributed by atoms with Gasteiger partial charge < -0.3 is 5.21 Å². The monoisotopic (exact) mass is 165 g/mol. The fourth-order valence-corrected chi connectivity index (χ4v) is 1.23. The molecule has 0 aliphatic rings. The summed E-state index contributed by atoms with van der Waals surface area (Å²) < 4.78 is 0.808. The molecule has 0 fully saturated rings. The third-order valence-electron chi connectivity index (χ3n) is 1.09. The Morgan fingerprint density at radius 1 is 1.64 bits per heavy atom. The molecule has 1 rings (SSSR count). The maximum absolute atomic E-state index is 11.0. The Balaban J connectivity index is 2.71. The van der Waals surface area contributed by atoms with Crippen LogP contribution in [0.25, 0.3) is 0 Å². The van der Waals surface area contributed by atoms with Crippen LogP contribution in [0.2, 0.25) is 0 Å². The predicted molar refractivity (Wildman–Crippen MR) is 45.0 cm³/mol. The number of aromatic nitrogens is 1. The number of hydrogen-bond acceptors (Lipinski definition) is 2. The van der Waals surface area contributed by atoms with E-state index in [4.69, 9.17) is 6.42 Å². The van der Waals surface area contributed by atoms with Gasteiger partial charge in [0.1, 0.15) is 0 Å². The number of pyridine rings is 1. The molecule has 3 heteroatoms. The van der Waals surface area contributed by atoms with Gasteiger partial charge in [-0.3, -0.25) is 0 Å². The second kappa shape index (κ2) is 3.89. The summed E-state index contributed by atoms with van der Waals surface area (Å²) in [5, 5.41) is 11.6. The van der Waals surface area contributed by atoms with Crippen molar-refractivity contribution in [3.05, 3.63) is 29.6 Å². The largest absolute Gasteiger partial charge is 0.618 e. The summed E-state index contributed by atoms with van der Waals surface area (Å²) in [5.41, 5.74) is 0. The van der Waals surface area contributed by atoms with E-state index in [2.05, 4.69) is 5.92 Å². The van der Waals surface area contributed by atoms with E-state index in [-0.39, 0.29) is 0 Å². The van der Waals surface area contributed by atoms with E-state index in [0.717, 1.165) is 4.73 Å². The Morgan fingerprint density at radius 2 is 2.45 bits per heavy atom. The van der Waals surface area contributed by atoms with E-state index >= 15 is 0 Å². The Labute approximate surface area is 69.8 Å². The van der Waals surface area contributed by atoms with E-state index < -0.39 is 0 Å². The third kappa shape index (κ3) is 2.17. The summed E-state index contributed by atoms with van der Waals surface area (Å²) in [6.45, 7) is 0. The van der Waals surface area contributed by atoms with E-state index in [1.807, 2.05) is 6.07 Å². The molecule has 0 saturated carbocycles. The SMILES string of the molecule is C#CCSc1cccc[n+]1[O-]. The molecule has 11 heavy (non-hydrogen) atoms. The first-order valence-corrected chi connectivity index (χ1v) is 4.07. The van der Waals surface area contributed by atoms with Gasteiger partial charge in [-0.05, 0) is 17.8 Å². The van der Waals surface area contributed by atoms with Gasteiger partial charge in [0.15, 0.2) is 6.20 Å². The van der Waals surface area contributed by atoms with Crippen LogP contribution in [0, 0.1) is 17.6 Å². The van der Waals surface area contributed by atoms with Crippen LogP contribution in [0.5, 0.6) is 0 Å². The third-order valence-corrected chi connectivity index (χ3v) is 2.01. The number of nitrogens with zero attached hydrogens (tertiary/aromatic N) is 1. The summed E-state index contributed by atoms with van der Waals surface area (Å²) in [4.78, 5) is 0. The van der Waals surface area contributed by atoms with Gasteiger partial charge in [-0.2, -0.15) is 4.73 Å². The molecule has 0 aliphatic heterocycles. The van der Waals surface area contributed by atoms with Gasteiger partial charge in [0, 0.05) is 12.1 Å². The number of terminal acetylenes is 1. The van der Waals surface area contributed by atoms with Gasteiger partial charge in [-0.15, -0.1) is 6.42 Å². The molecule has 1 heterocycles. The molecule has 0 saturated heterocycles. The average Bonchev–Trinajstić information content (AvgIpc) is 2.03. The molecule has 0 radical (unpaired) electrons. The normalized spacial score (nSPS) is 9.00. The molecule has 0 aromatic carbocycles. The van der Waals surface area contributed by atoms with Gasteiger partial charge >= 0.3 is 0 Å². The maximum Gasteiger partial charge on any atom is 0.252 e. The number of hydrogen-bond donors (Lipinski definition) is 0. The highest BCUT2D eigenvalue weighted by atomic mass is 32.2. The molecule has 0 bridgehead atoms. The van der Waals surface area contributed by atoms with E-state index in [1.165, 1.54) is 18.0 Å². The van der Waals surface area contributed by atoms with Crippen molar-refractivity contribution in [2.75, 3.05) is 5.75 Å². The van der Waals surface area contributed by atoms with Crippen molar-refractivity contribution in [3.8, 4) is 12.3 Å². The Morgan fingerprint density at radius 3 is 3.09 bits per heavy atom. The number of thioether (sulfide) groups is 1. The van der Waals surface area contributed by atoms with E-state index in [1.54, 1.807) is 12.1 Å². The second-order valence-corrected chi connectivity index (χ2v) is 2.85. The van der Waals surface area contributed by atoms with Crippen LogP contribution < -0.4 is 4.73 Å². The van der Waals surface area contributed by atoms with Crippen molar-refractivity contribution in [1.29, 1.82) is 0 Å². The maximum atomic E-state index is 11.0. The lowest BCUT2D eigenvalue weighted by Gasteiger charge is -1.99.